The average Bonchev–Trinajstić information content (AvgIpc) is 3.05. The molecule has 3 rings (SSSR count). The molecular weight excluding hydrogens is 284 g/mol. The Labute approximate surface area is 128 Å². The lowest BCUT2D eigenvalue weighted by Gasteiger charge is -2.28. The van der Waals surface area contributed by atoms with Crippen LogP contribution in [0.5, 0.6) is 0 Å². The summed E-state index contributed by atoms with van der Waals surface area (Å²) in [6.45, 7) is 2.96. The van der Waals surface area contributed by atoms with Gasteiger partial charge in [-0.3, -0.25) is 0 Å². The number of aromatic nitrogens is 2. The van der Waals surface area contributed by atoms with Gasteiger partial charge in [0, 0.05) is 11.3 Å². The SMILES string of the molecule is CSC1(Cn2c(C)nc3cc(C(=O)O)ccc32)CCCC1. The monoisotopic (exact) mass is 304 g/mol. The highest BCUT2D eigenvalue weighted by molar-refractivity contribution is 8.00. The number of fused-ring (bicyclic) bond motifs is 1. The zero-order valence-electron chi connectivity index (χ0n) is 12.4. The van der Waals surface area contributed by atoms with Gasteiger partial charge in [0.05, 0.1) is 16.6 Å². The Hall–Kier alpha value is -1.49. The van der Waals surface area contributed by atoms with Gasteiger partial charge in [0.2, 0.25) is 0 Å². The molecule has 112 valence electrons. The molecular formula is C16H20N2O2S. The number of thioether (sulfide) groups is 1. The third-order valence-electron chi connectivity index (χ3n) is 4.58. The number of aromatic carboxylic acids is 1. The predicted molar refractivity (Wildman–Crippen MR) is 86.1 cm³/mol. The highest BCUT2D eigenvalue weighted by Gasteiger charge is 2.34. The van der Waals surface area contributed by atoms with Crippen LogP contribution in [0.4, 0.5) is 0 Å². The van der Waals surface area contributed by atoms with Crippen LogP contribution in [0, 0.1) is 6.92 Å². The Morgan fingerprint density at radius 1 is 1.43 bits per heavy atom. The minimum absolute atomic E-state index is 0.299. The van der Waals surface area contributed by atoms with Crippen molar-refractivity contribution in [2.75, 3.05) is 6.26 Å². The van der Waals surface area contributed by atoms with Gasteiger partial charge in [-0.15, -0.1) is 0 Å². The molecule has 2 aromatic rings. The molecule has 0 spiro atoms. The first-order chi connectivity index (χ1) is 10.0. The smallest absolute Gasteiger partial charge is 0.335 e. The number of carboxylic acid groups (broad SMARTS) is 1. The molecule has 1 aliphatic carbocycles. The molecule has 1 aliphatic rings. The fourth-order valence-corrected chi connectivity index (χ4v) is 4.27. The van der Waals surface area contributed by atoms with Gasteiger partial charge in [-0.2, -0.15) is 11.8 Å². The molecule has 0 saturated heterocycles. The molecule has 0 radical (unpaired) electrons. The second-order valence-electron chi connectivity index (χ2n) is 5.85. The third kappa shape index (κ3) is 2.55. The Bertz CT molecular complexity index is 687. The molecule has 1 fully saturated rings. The molecule has 21 heavy (non-hydrogen) atoms. The van der Waals surface area contributed by atoms with Crippen LogP contribution in [0.15, 0.2) is 18.2 Å². The van der Waals surface area contributed by atoms with Crippen molar-refractivity contribution in [1.82, 2.24) is 9.55 Å². The lowest BCUT2D eigenvalue weighted by Crippen LogP contribution is -2.27. The van der Waals surface area contributed by atoms with E-state index in [-0.39, 0.29) is 0 Å². The van der Waals surface area contributed by atoms with E-state index in [9.17, 15) is 4.79 Å². The van der Waals surface area contributed by atoms with E-state index in [4.69, 9.17) is 5.11 Å². The van der Waals surface area contributed by atoms with Crippen molar-refractivity contribution in [3.05, 3.63) is 29.6 Å². The minimum atomic E-state index is -0.902. The van der Waals surface area contributed by atoms with Crippen LogP contribution in [0.2, 0.25) is 0 Å². The van der Waals surface area contributed by atoms with E-state index in [1.807, 2.05) is 24.8 Å². The summed E-state index contributed by atoms with van der Waals surface area (Å²) in [5, 5.41) is 9.09. The summed E-state index contributed by atoms with van der Waals surface area (Å²) in [5.74, 6) is 0.0633. The summed E-state index contributed by atoms with van der Waals surface area (Å²) in [4.78, 5) is 15.6. The molecule has 4 nitrogen and oxygen atoms in total. The van der Waals surface area contributed by atoms with Gasteiger partial charge < -0.3 is 9.67 Å². The molecule has 0 bridgehead atoms. The Morgan fingerprint density at radius 3 is 2.76 bits per heavy atom. The molecule has 5 heteroatoms. The van der Waals surface area contributed by atoms with Gasteiger partial charge in [0.15, 0.2) is 0 Å². The van der Waals surface area contributed by atoms with E-state index in [0.717, 1.165) is 23.4 Å². The van der Waals surface area contributed by atoms with Gasteiger partial charge in [0.1, 0.15) is 5.82 Å². The van der Waals surface area contributed by atoms with Crippen molar-refractivity contribution >= 4 is 28.8 Å². The van der Waals surface area contributed by atoms with E-state index in [0.29, 0.717) is 10.3 Å². The zero-order valence-corrected chi connectivity index (χ0v) is 13.2. The molecule has 1 aromatic heterocycles. The number of imidazole rings is 1. The lowest BCUT2D eigenvalue weighted by molar-refractivity contribution is 0.0697. The van der Waals surface area contributed by atoms with Crippen LogP contribution in [0.1, 0.15) is 41.9 Å². The summed E-state index contributed by atoms with van der Waals surface area (Å²) in [7, 11) is 0. The molecule has 1 heterocycles. The Morgan fingerprint density at radius 2 is 2.14 bits per heavy atom. The first-order valence-electron chi connectivity index (χ1n) is 7.30. The Kier molecular flexibility index (Phi) is 3.69. The molecule has 1 saturated carbocycles. The van der Waals surface area contributed by atoms with Crippen LogP contribution in [0.3, 0.4) is 0 Å². The third-order valence-corrected chi connectivity index (χ3v) is 5.98. The summed E-state index contributed by atoms with van der Waals surface area (Å²) < 4.78 is 2.56. The fraction of sp³-hybridized carbons (Fsp3) is 0.500. The first kappa shape index (κ1) is 14.4. The van der Waals surface area contributed by atoms with Crippen LogP contribution in [-0.2, 0) is 6.54 Å². The van der Waals surface area contributed by atoms with Gasteiger partial charge in [-0.25, -0.2) is 9.78 Å². The van der Waals surface area contributed by atoms with Crippen molar-refractivity contribution < 1.29 is 9.90 Å². The van der Waals surface area contributed by atoms with Crippen molar-refractivity contribution in [3.63, 3.8) is 0 Å². The summed E-state index contributed by atoms with van der Waals surface area (Å²) in [6, 6.07) is 5.23. The number of carbonyl (C=O) groups is 1. The van der Waals surface area contributed by atoms with E-state index in [1.165, 1.54) is 25.7 Å². The lowest BCUT2D eigenvalue weighted by atomic mass is 10.1. The number of nitrogens with zero attached hydrogens (tertiary/aromatic N) is 2. The van der Waals surface area contributed by atoms with Gasteiger partial charge >= 0.3 is 5.97 Å². The van der Waals surface area contributed by atoms with Crippen LogP contribution in [-0.4, -0.2) is 31.6 Å². The highest BCUT2D eigenvalue weighted by Crippen LogP contribution is 2.42. The quantitative estimate of drug-likeness (QED) is 0.935. The van der Waals surface area contributed by atoms with E-state index >= 15 is 0 Å². The number of rotatable bonds is 4. The van der Waals surface area contributed by atoms with Crippen molar-refractivity contribution in [2.24, 2.45) is 0 Å². The van der Waals surface area contributed by atoms with Crippen molar-refractivity contribution in [2.45, 2.75) is 43.9 Å². The van der Waals surface area contributed by atoms with Crippen LogP contribution in [0.25, 0.3) is 11.0 Å². The molecule has 0 amide bonds. The van der Waals surface area contributed by atoms with E-state index < -0.39 is 5.97 Å². The molecule has 0 unspecified atom stereocenters. The molecule has 1 N–H and O–H groups in total. The van der Waals surface area contributed by atoms with Crippen molar-refractivity contribution in [1.29, 1.82) is 0 Å². The van der Waals surface area contributed by atoms with Crippen LogP contribution >= 0.6 is 11.8 Å². The molecule has 1 aromatic carbocycles. The maximum Gasteiger partial charge on any atom is 0.335 e. The summed E-state index contributed by atoms with van der Waals surface area (Å²) in [6.07, 6.45) is 7.30. The Balaban J connectivity index is 2.02. The number of aryl methyl sites for hydroxylation is 1. The number of benzene rings is 1. The maximum atomic E-state index is 11.1. The van der Waals surface area contributed by atoms with Gasteiger partial charge in [0.25, 0.3) is 0 Å². The number of carboxylic acids is 1. The number of hydrogen-bond acceptors (Lipinski definition) is 3. The van der Waals surface area contributed by atoms with E-state index in [2.05, 4.69) is 15.8 Å². The average molecular weight is 304 g/mol. The molecule has 0 aliphatic heterocycles. The minimum Gasteiger partial charge on any atom is -0.478 e. The van der Waals surface area contributed by atoms with Gasteiger partial charge in [-0.05, 0) is 44.2 Å². The summed E-state index contributed by atoms with van der Waals surface area (Å²) >= 11 is 1.96. The maximum absolute atomic E-state index is 11.1. The second kappa shape index (κ2) is 5.37. The summed E-state index contributed by atoms with van der Waals surface area (Å²) in [5.41, 5.74) is 2.12. The predicted octanol–water partition coefficient (Wildman–Crippen LogP) is 3.72. The normalized spacial score (nSPS) is 17.4. The topological polar surface area (TPSA) is 55.1 Å². The first-order valence-corrected chi connectivity index (χ1v) is 8.52. The second-order valence-corrected chi connectivity index (χ2v) is 7.12. The fourth-order valence-electron chi connectivity index (χ4n) is 3.32. The molecule has 0 atom stereocenters. The standard InChI is InChI=1S/C16H20N2O2S/c1-11-17-13-9-12(15(19)20)5-6-14(13)18(11)10-16(21-2)7-3-4-8-16/h5-6,9H,3-4,7-8,10H2,1-2H3,(H,19,20). The van der Waals surface area contributed by atoms with Gasteiger partial charge in [-0.1, -0.05) is 12.8 Å². The van der Waals surface area contributed by atoms with E-state index in [1.54, 1.807) is 12.1 Å². The zero-order chi connectivity index (χ0) is 15.0. The van der Waals surface area contributed by atoms with Crippen molar-refractivity contribution in [3.8, 4) is 0 Å². The largest absolute Gasteiger partial charge is 0.478 e. The number of hydrogen-bond donors (Lipinski definition) is 1. The van der Waals surface area contributed by atoms with Crippen LogP contribution < -0.4 is 0 Å². The highest BCUT2D eigenvalue weighted by atomic mass is 32.2.